The number of fused-ring (bicyclic) bond motifs is 1. The number of aryl methyl sites for hydroxylation is 1. The van der Waals surface area contributed by atoms with Crippen molar-refractivity contribution in [3.05, 3.63) is 36.0 Å². The van der Waals surface area contributed by atoms with E-state index in [1.165, 1.54) is 0 Å². The first-order valence-corrected chi connectivity index (χ1v) is 12.6. The average Bonchev–Trinajstić information content (AvgIpc) is 3.07. The number of hydrogen-bond acceptors (Lipinski definition) is 7. The van der Waals surface area contributed by atoms with Crippen molar-refractivity contribution in [1.29, 1.82) is 0 Å². The number of aliphatic carboxylic acids is 1. The number of ether oxygens (including phenoxy) is 2. The van der Waals surface area contributed by atoms with E-state index in [-0.39, 0.29) is 29.1 Å². The third-order valence-electron chi connectivity index (χ3n) is 8.48. The van der Waals surface area contributed by atoms with Gasteiger partial charge >= 0.3 is 5.97 Å². The van der Waals surface area contributed by atoms with E-state index >= 15 is 0 Å². The highest BCUT2D eigenvalue weighted by atomic mass is 16.7. The Morgan fingerprint density at radius 3 is 2.28 bits per heavy atom. The molecule has 4 N–H and O–H groups in total. The van der Waals surface area contributed by atoms with E-state index in [1.54, 1.807) is 0 Å². The van der Waals surface area contributed by atoms with Crippen LogP contribution in [0, 0.1) is 16.7 Å². The number of aliphatic hydroxyl groups is 3. The zero-order chi connectivity index (χ0) is 26.4. The van der Waals surface area contributed by atoms with Gasteiger partial charge in [0.15, 0.2) is 18.2 Å². The number of aromatic nitrogens is 1. The van der Waals surface area contributed by atoms with Crippen molar-refractivity contribution < 1.29 is 39.5 Å². The molecule has 1 saturated heterocycles. The van der Waals surface area contributed by atoms with E-state index in [2.05, 4.69) is 32.3 Å². The number of rotatable bonds is 10. The fourth-order valence-corrected chi connectivity index (χ4v) is 5.59. The van der Waals surface area contributed by atoms with Crippen LogP contribution in [0.15, 0.2) is 30.5 Å². The van der Waals surface area contributed by atoms with Gasteiger partial charge in [-0.1, -0.05) is 45.9 Å². The number of unbranched alkanes of at least 4 members (excludes halogenated alkanes) is 2. The Bertz CT molecular complexity index is 1110. The summed E-state index contributed by atoms with van der Waals surface area (Å²) in [5, 5.41) is 39.7. The highest BCUT2D eigenvalue weighted by Crippen LogP contribution is 2.69. The molecule has 5 atom stereocenters. The number of hydrogen-bond donors (Lipinski definition) is 4. The summed E-state index contributed by atoms with van der Waals surface area (Å²) in [5.74, 6) is -1.24. The Hall–Kier alpha value is -2.30. The molecule has 198 valence electrons. The Kier molecular flexibility index (Phi) is 7.34. The number of nitrogens with zero attached hydrogens (tertiary/aromatic N) is 1. The van der Waals surface area contributed by atoms with E-state index < -0.39 is 36.7 Å². The lowest BCUT2D eigenvalue weighted by atomic mass is 9.99. The van der Waals surface area contributed by atoms with Gasteiger partial charge in [0.1, 0.15) is 18.3 Å². The molecular formula is C27H37NO8. The van der Waals surface area contributed by atoms with Crippen LogP contribution >= 0.6 is 0 Å². The molecule has 9 heteroatoms. The molecule has 2 aliphatic rings. The maximum atomic E-state index is 13.4. The average molecular weight is 504 g/mol. The fourth-order valence-electron chi connectivity index (χ4n) is 5.59. The van der Waals surface area contributed by atoms with Crippen molar-refractivity contribution in [2.24, 2.45) is 16.7 Å². The summed E-state index contributed by atoms with van der Waals surface area (Å²) in [6.45, 7) is 9.52. The Balaban J connectivity index is 1.31. The highest BCUT2D eigenvalue weighted by molar-refractivity contribution is 6.11. The number of ketones is 1. The van der Waals surface area contributed by atoms with Crippen molar-refractivity contribution in [1.82, 2.24) is 4.57 Å². The molecule has 9 nitrogen and oxygen atoms in total. The van der Waals surface area contributed by atoms with E-state index in [9.17, 15) is 24.9 Å². The molecule has 0 spiro atoms. The standard InChI is InChI=1S/C27H37NO8/c1-26(2)23(27(26,3)4)18(29)16-14-28(17-11-7-6-10-15(16)17)12-8-5-9-13-35-25-21(32)19(30)20(31)22(36-25)24(33)34/h6-7,10-11,14,19-23,25,30-32H,5,8-9,12-13H2,1-4H3,(H,33,34). The van der Waals surface area contributed by atoms with Gasteiger partial charge in [0.2, 0.25) is 0 Å². The molecule has 1 aromatic heterocycles. The van der Waals surface area contributed by atoms with E-state index in [4.69, 9.17) is 14.6 Å². The summed E-state index contributed by atoms with van der Waals surface area (Å²) in [5.41, 5.74) is 1.75. The number of para-hydroxylation sites is 1. The number of benzene rings is 1. The SMILES string of the molecule is CC1(C)C(C(=O)c2cn(CCCCCOC3OC(C(=O)O)C(O)C(O)C3O)c3ccccc23)C1(C)C. The molecule has 0 radical (unpaired) electrons. The molecule has 2 fully saturated rings. The Morgan fingerprint density at radius 1 is 0.972 bits per heavy atom. The van der Waals surface area contributed by atoms with Gasteiger partial charge in [-0.3, -0.25) is 4.79 Å². The van der Waals surface area contributed by atoms with Crippen molar-refractivity contribution in [3.8, 4) is 0 Å². The first-order valence-electron chi connectivity index (χ1n) is 12.6. The van der Waals surface area contributed by atoms with Gasteiger partial charge in [-0.2, -0.15) is 0 Å². The summed E-state index contributed by atoms with van der Waals surface area (Å²) in [6.07, 6.45) is -3.74. The van der Waals surface area contributed by atoms with Crippen LogP contribution in [0.1, 0.15) is 57.3 Å². The number of aliphatic hydroxyl groups excluding tert-OH is 3. The summed E-state index contributed by atoms with van der Waals surface area (Å²) in [7, 11) is 0. The normalized spacial score (nSPS) is 29.4. The number of Topliss-reactive ketones (excluding diaryl/α,β-unsaturated/α-hetero) is 1. The van der Waals surface area contributed by atoms with Crippen molar-refractivity contribution >= 4 is 22.7 Å². The molecule has 1 saturated carbocycles. The summed E-state index contributed by atoms with van der Waals surface area (Å²) < 4.78 is 12.7. The molecule has 0 bridgehead atoms. The lowest BCUT2D eigenvalue weighted by Crippen LogP contribution is -2.60. The highest BCUT2D eigenvalue weighted by Gasteiger charge is 2.68. The minimum Gasteiger partial charge on any atom is -0.479 e. The molecule has 0 amide bonds. The molecule has 1 aliphatic carbocycles. The molecule has 5 unspecified atom stereocenters. The molecule has 36 heavy (non-hydrogen) atoms. The smallest absolute Gasteiger partial charge is 0.335 e. The Morgan fingerprint density at radius 2 is 1.64 bits per heavy atom. The van der Waals surface area contributed by atoms with Crippen LogP contribution in [0.5, 0.6) is 0 Å². The molecule has 4 rings (SSSR count). The number of carboxylic acids is 1. The number of carbonyl (C=O) groups excluding carboxylic acids is 1. The topological polar surface area (TPSA) is 138 Å². The Labute approximate surface area is 210 Å². The van der Waals surface area contributed by atoms with E-state index in [0.717, 1.165) is 35.9 Å². The molecular weight excluding hydrogens is 466 g/mol. The predicted octanol–water partition coefficient (Wildman–Crippen LogP) is 2.59. The lowest BCUT2D eigenvalue weighted by molar-refractivity contribution is -0.294. The van der Waals surface area contributed by atoms with Crippen molar-refractivity contribution in [2.45, 2.75) is 84.2 Å². The van der Waals surface area contributed by atoms with Crippen LogP contribution in [0.25, 0.3) is 10.9 Å². The zero-order valence-corrected chi connectivity index (χ0v) is 21.3. The summed E-state index contributed by atoms with van der Waals surface area (Å²) in [4.78, 5) is 24.6. The van der Waals surface area contributed by atoms with Crippen LogP contribution in [-0.2, 0) is 20.8 Å². The second-order valence-corrected chi connectivity index (χ2v) is 11.2. The monoisotopic (exact) mass is 503 g/mol. The van der Waals surface area contributed by atoms with Gasteiger partial charge < -0.3 is 34.5 Å². The zero-order valence-electron chi connectivity index (χ0n) is 21.3. The van der Waals surface area contributed by atoms with Gasteiger partial charge in [-0.25, -0.2) is 4.79 Å². The fraction of sp³-hybridized carbons (Fsp3) is 0.630. The molecule has 1 aromatic carbocycles. The molecule has 2 aromatic rings. The van der Waals surface area contributed by atoms with Crippen LogP contribution in [0.2, 0.25) is 0 Å². The van der Waals surface area contributed by atoms with Gasteiger partial charge in [0.25, 0.3) is 0 Å². The second kappa shape index (κ2) is 9.87. The maximum absolute atomic E-state index is 13.4. The van der Waals surface area contributed by atoms with Crippen LogP contribution in [-0.4, -0.2) is 74.1 Å². The molecule has 2 heterocycles. The minimum absolute atomic E-state index is 0.000817. The third kappa shape index (κ3) is 4.59. The van der Waals surface area contributed by atoms with Gasteiger partial charge in [-0.05, 0) is 36.2 Å². The predicted molar refractivity (Wildman–Crippen MR) is 131 cm³/mol. The largest absolute Gasteiger partial charge is 0.479 e. The van der Waals surface area contributed by atoms with Crippen LogP contribution in [0.4, 0.5) is 0 Å². The first kappa shape index (κ1) is 26.8. The minimum atomic E-state index is -1.73. The summed E-state index contributed by atoms with van der Waals surface area (Å²) >= 11 is 0. The van der Waals surface area contributed by atoms with Crippen LogP contribution in [0.3, 0.4) is 0 Å². The number of carboxylic acid groups (broad SMARTS) is 1. The van der Waals surface area contributed by atoms with E-state index in [0.29, 0.717) is 6.42 Å². The summed E-state index contributed by atoms with van der Waals surface area (Å²) in [6, 6.07) is 7.95. The van der Waals surface area contributed by atoms with Gasteiger partial charge in [0, 0.05) is 41.7 Å². The lowest BCUT2D eigenvalue weighted by Gasteiger charge is -2.38. The van der Waals surface area contributed by atoms with E-state index in [1.807, 2.05) is 30.5 Å². The van der Waals surface area contributed by atoms with Gasteiger partial charge in [-0.15, -0.1) is 0 Å². The van der Waals surface area contributed by atoms with Gasteiger partial charge in [0.05, 0.1) is 0 Å². The van der Waals surface area contributed by atoms with Crippen LogP contribution < -0.4 is 0 Å². The second-order valence-electron chi connectivity index (χ2n) is 11.2. The maximum Gasteiger partial charge on any atom is 0.335 e. The quantitative estimate of drug-likeness (QED) is 0.287. The third-order valence-corrected chi connectivity index (χ3v) is 8.48. The molecule has 1 aliphatic heterocycles. The van der Waals surface area contributed by atoms with Crippen molar-refractivity contribution in [2.75, 3.05) is 6.61 Å². The first-order chi connectivity index (χ1) is 16.9. The van der Waals surface area contributed by atoms with Crippen molar-refractivity contribution in [3.63, 3.8) is 0 Å². The number of carbonyl (C=O) groups is 2.